The van der Waals surface area contributed by atoms with E-state index in [2.05, 4.69) is 28.0 Å². The molecule has 1 aromatic rings. The summed E-state index contributed by atoms with van der Waals surface area (Å²) in [5, 5.41) is 3.33. The van der Waals surface area contributed by atoms with Gasteiger partial charge < -0.3 is 14.6 Å². The lowest BCUT2D eigenvalue weighted by molar-refractivity contribution is 0.210. The molecule has 1 heterocycles. The highest BCUT2D eigenvalue weighted by Gasteiger charge is 2.26. The maximum atomic E-state index is 5.04. The molecule has 0 amide bonds. The Labute approximate surface area is 103 Å². The van der Waals surface area contributed by atoms with Gasteiger partial charge in [-0.05, 0) is 18.8 Å². The summed E-state index contributed by atoms with van der Waals surface area (Å²) < 4.78 is 7.33. The van der Waals surface area contributed by atoms with Gasteiger partial charge in [-0.25, -0.2) is 4.98 Å². The fourth-order valence-corrected chi connectivity index (χ4v) is 2.22. The van der Waals surface area contributed by atoms with Crippen molar-refractivity contribution in [2.75, 3.05) is 25.6 Å². The standard InChI is InChI=1S/C13H23N3O/c1-3-12(10-11-4-5-11)16-8-6-14-13(16)15-7-9-17-2/h6,8,11-12H,3-5,7,9-10H2,1-2H3,(H,14,15). The molecule has 0 aromatic carbocycles. The molecule has 0 bridgehead atoms. The second kappa shape index (κ2) is 6.05. The average Bonchev–Trinajstić information content (AvgIpc) is 3.05. The molecule has 1 unspecified atom stereocenters. The molecule has 0 aliphatic heterocycles. The van der Waals surface area contributed by atoms with Gasteiger partial charge in [-0.1, -0.05) is 19.8 Å². The van der Waals surface area contributed by atoms with Crippen molar-refractivity contribution in [2.24, 2.45) is 5.92 Å². The van der Waals surface area contributed by atoms with Crippen LogP contribution in [0.1, 0.15) is 38.6 Å². The van der Waals surface area contributed by atoms with Crippen LogP contribution in [0, 0.1) is 5.92 Å². The van der Waals surface area contributed by atoms with Crippen LogP contribution in [0.15, 0.2) is 12.4 Å². The third kappa shape index (κ3) is 3.46. The summed E-state index contributed by atoms with van der Waals surface area (Å²) >= 11 is 0. The lowest BCUT2D eigenvalue weighted by Crippen LogP contribution is -2.16. The van der Waals surface area contributed by atoms with E-state index in [1.807, 2.05) is 6.20 Å². The Morgan fingerprint density at radius 1 is 1.59 bits per heavy atom. The number of rotatable bonds is 8. The third-order valence-corrected chi connectivity index (χ3v) is 3.42. The van der Waals surface area contributed by atoms with Gasteiger partial charge in [0.1, 0.15) is 0 Å². The molecule has 2 rings (SSSR count). The van der Waals surface area contributed by atoms with Gasteiger partial charge in [0.25, 0.3) is 0 Å². The molecule has 4 nitrogen and oxygen atoms in total. The van der Waals surface area contributed by atoms with E-state index in [1.54, 1.807) is 7.11 Å². The molecule has 0 saturated heterocycles. The minimum Gasteiger partial charge on any atom is -0.383 e. The Bertz CT molecular complexity index is 333. The normalized spacial score (nSPS) is 17.1. The van der Waals surface area contributed by atoms with Crippen LogP contribution in [0.2, 0.25) is 0 Å². The predicted molar refractivity (Wildman–Crippen MR) is 69.3 cm³/mol. The number of imidazole rings is 1. The van der Waals surface area contributed by atoms with Crippen LogP contribution in [0.4, 0.5) is 5.95 Å². The molecule has 1 atom stereocenters. The van der Waals surface area contributed by atoms with Crippen molar-refractivity contribution < 1.29 is 4.74 Å². The van der Waals surface area contributed by atoms with Gasteiger partial charge in [0.2, 0.25) is 5.95 Å². The van der Waals surface area contributed by atoms with E-state index in [1.165, 1.54) is 25.7 Å². The number of ether oxygens (including phenoxy) is 1. The summed E-state index contributed by atoms with van der Waals surface area (Å²) in [6, 6.07) is 0.593. The van der Waals surface area contributed by atoms with Crippen LogP contribution in [0.3, 0.4) is 0 Å². The molecule has 17 heavy (non-hydrogen) atoms. The third-order valence-electron chi connectivity index (χ3n) is 3.42. The molecule has 1 N–H and O–H groups in total. The molecular weight excluding hydrogens is 214 g/mol. The average molecular weight is 237 g/mol. The van der Waals surface area contributed by atoms with Crippen LogP contribution in [0.25, 0.3) is 0 Å². The summed E-state index contributed by atoms with van der Waals surface area (Å²) in [5.74, 6) is 1.93. The molecule has 1 saturated carbocycles. The summed E-state index contributed by atoms with van der Waals surface area (Å²) in [5.41, 5.74) is 0. The maximum absolute atomic E-state index is 5.04. The first-order valence-electron chi connectivity index (χ1n) is 6.60. The highest BCUT2D eigenvalue weighted by Crippen LogP contribution is 2.38. The monoisotopic (exact) mass is 237 g/mol. The SMILES string of the molecule is CCC(CC1CC1)n1ccnc1NCCOC. The lowest BCUT2D eigenvalue weighted by atomic mass is 10.1. The van der Waals surface area contributed by atoms with E-state index in [0.29, 0.717) is 12.6 Å². The van der Waals surface area contributed by atoms with Crippen molar-refractivity contribution in [1.29, 1.82) is 0 Å². The molecule has 96 valence electrons. The van der Waals surface area contributed by atoms with Crippen LogP contribution >= 0.6 is 0 Å². The zero-order valence-corrected chi connectivity index (χ0v) is 10.9. The Kier molecular flexibility index (Phi) is 4.42. The molecular formula is C13H23N3O. The summed E-state index contributed by atoms with van der Waals surface area (Å²) in [4.78, 5) is 4.38. The van der Waals surface area contributed by atoms with Crippen molar-refractivity contribution in [3.05, 3.63) is 12.4 Å². The Morgan fingerprint density at radius 2 is 2.41 bits per heavy atom. The minimum absolute atomic E-state index is 0.593. The van der Waals surface area contributed by atoms with Gasteiger partial charge in [0, 0.05) is 32.1 Å². The quantitative estimate of drug-likeness (QED) is 0.707. The van der Waals surface area contributed by atoms with E-state index in [4.69, 9.17) is 4.74 Å². The largest absolute Gasteiger partial charge is 0.383 e. The van der Waals surface area contributed by atoms with Gasteiger partial charge in [-0.3, -0.25) is 0 Å². The maximum Gasteiger partial charge on any atom is 0.203 e. The van der Waals surface area contributed by atoms with Crippen LogP contribution in [0.5, 0.6) is 0 Å². The van der Waals surface area contributed by atoms with E-state index < -0.39 is 0 Å². The summed E-state index contributed by atoms with van der Waals surface area (Å²) in [6.07, 6.45) is 9.27. The zero-order chi connectivity index (χ0) is 12.1. The molecule has 0 radical (unpaired) electrons. The molecule has 4 heteroatoms. The van der Waals surface area contributed by atoms with E-state index in [-0.39, 0.29) is 0 Å². The predicted octanol–water partition coefficient (Wildman–Crippen LogP) is 2.69. The van der Waals surface area contributed by atoms with Crippen molar-refractivity contribution in [3.63, 3.8) is 0 Å². The van der Waals surface area contributed by atoms with Gasteiger partial charge in [0.05, 0.1) is 6.61 Å². The van der Waals surface area contributed by atoms with Crippen LogP contribution < -0.4 is 5.32 Å². The van der Waals surface area contributed by atoms with Crippen molar-refractivity contribution >= 4 is 5.95 Å². The Balaban J connectivity index is 1.94. The topological polar surface area (TPSA) is 39.1 Å². The van der Waals surface area contributed by atoms with Crippen LogP contribution in [-0.2, 0) is 4.74 Å². The van der Waals surface area contributed by atoms with Gasteiger partial charge >= 0.3 is 0 Å². The van der Waals surface area contributed by atoms with E-state index in [9.17, 15) is 0 Å². The number of methoxy groups -OCH3 is 1. The van der Waals surface area contributed by atoms with Gasteiger partial charge in [-0.15, -0.1) is 0 Å². The molecule has 1 aliphatic carbocycles. The number of aromatic nitrogens is 2. The summed E-state index contributed by atoms with van der Waals surface area (Å²) in [7, 11) is 1.72. The molecule has 1 aliphatic rings. The minimum atomic E-state index is 0.593. The molecule has 1 fully saturated rings. The number of hydrogen-bond donors (Lipinski definition) is 1. The zero-order valence-electron chi connectivity index (χ0n) is 10.9. The van der Waals surface area contributed by atoms with Crippen LogP contribution in [-0.4, -0.2) is 29.8 Å². The second-order valence-corrected chi connectivity index (χ2v) is 4.82. The second-order valence-electron chi connectivity index (χ2n) is 4.82. The number of nitrogens with one attached hydrogen (secondary N) is 1. The van der Waals surface area contributed by atoms with Gasteiger partial charge in [-0.2, -0.15) is 0 Å². The summed E-state index contributed by atoms with van der Waals surface area (Å²) in [6.45, 7) is 3.78. The fraction of sp³-hybridized carbons (Fsp3) is 0.769. The van der Waals surface area contributed by atoms with Gasteiger partial charge in [0.15, 0.2) is 0 Å². The van der Waals surface area contributed by atoms with Crippen molar-refractivity contribution in [2.45, 2.75) is 38.6 Å². The number of nitrogens with zero attached hydrogens (tertiary/aromatic N) is 2. The first-order chi connectivity index (χ1) is 8.35. The van der Waals surface area contributed by atoms with Crippen molar-refractivity contribution in [3.8, 4) is 0 Å². The number of hydrogen-bond acceptors (Lipinski definition) is 3. The van der Waals surface area contributed by atoms with E-state index in [0.717, 1.165) is 18.4 Å². The first kappa shape index (κ1) is 12.4. The van der Waals surface area contributed by atoms with Crippen molar-refractivity contribution in [1.82, 2.24) is 9.55 Å². The highest BCUT2D eigenvalue weighted by molar-refractivity contribution is 5.26. The molecule has 0 spiro atoms. The van der Waals surface area contributed by atoms with E-state index >= 15 is 0 Å². The Hall–Kier alpha value is -1.03. The fourth-order valence-electron chi connectivity index (χ4n) is 2.22. The first-order valence-corrected chi connectivity index (χ1v) is 6.60. The number of anilines is 1. The highest BCUT2D eigenvalue weighted by atomic mass is 16.5. The Morgan fingerprint density at radius 3 is 3.06 bits per heavy atom. The lowest BCUT2D eigenvalue weighted by Gasteiger charge is -2.19. The smallest absolute Gasteiger partial charge is 0.203 e. The molecule has 1 aromatic heterocycles.